The Hall–Kier alpha value is -0.560. The van der Waals surface area contributed by atoms with Crippen LogP contribution in [0.4, 0.5) is 5.69 Å². The predicted molar refractivity (Wildman–Crippen MR) is 82.1 cm³/mol. The van der Waals surface area contributed by atoms with Crippen molar-refractivity contribution in [3.8, 4) is 0 Å². The van der Waals surface area contributed by atoms with E-state index in [-0.39, 0.29) is 0 Å². The zero-order valence-corrected chi connectivity index (χ0v) is 13.4. The van der Waals surface area contributed by atoms with Gasteiger partial charge >= 0.3 is 0 Å². The number of hydrogen-bond acceptors (Lipinski definition) is 2. The fourth-order valence-corrected chi connectivity index (χ4v) is 2.28. The fraction of sp³-hybridized carbons (Fsp3) is 0.250. The van der Waals surface area contributed by atoms with Crippen LogP contribution in [0.5, 0.6) is 0 Å². The van der Waals surface area contributed by atoms with Gasteiger partial charge in [-0.05, 0) is 63.6 Å². The van der Waals surface area contributed by atoms with Crippen molar-refractivity contribution in [2.75, 3.05) is 5.32 Å². The van der Waals surface area contributed by atoms with Gasteiger partial charge in [-0.2, -0.15) is 5.10 Å². The van der Waals surface area contributed by atoms with Gasteiger partial charge in [-0.15, -0.1) is 0 Å². The van der Waals surface area contributed by atoms with E-state index in [0.717, 1.165) is 16.7 Å². The van der Waals surface area contributed by atoms with E-state index < -0.39 is 0 Å². The summed E-state index contributed by atoms with van der Waals surface area (Å²) in [6, 6.07) is 6.24. The number of hydrogen-bond donors (Lipinski definition) is 1. The molecule has 0 unspecified atom stereocenters. The molecule has 17 heavy (non-hydrogen) atoms. The molecule has 3 nitrogen and oxygen atoms in total. The second-order valence-electron chi connectivity index (χ2n) is 3.86. The third-order valence-corrected chi connectivity index (χ3v) is 5.06. The average Bonchev–Trinajstić information content (AvgIpc) is 2.62. The number of nitrogens with one attached hydrogen (secondary N) is 1. The molecule has 0 bridgehead atoms. The van der Waals surface area contributed by atoms with Crippen LogP contribution in [0.25, 0.3) is 0 Å². The molecule has 0 saturated heterocycles. The lowest BCUT2D eigenvalue weighted by Gasteiger charge is -2.07. The maximum absolute atomic E-state index is 4.23. The molecule has 90 valence electrons. The van der Waals surface area contributed by atoms with Gasteiger partial charge in [0.2, 0.25) is 0 Å². The second kappa shape index (κ2) is 5.39. The highest BCUT2D eigenvalue weighted by atomic mass is 127. The first-order valence-corrected chi connectivity index (χ1v) is 7.11. The molecular formula is C12H13BrIN3. The Morgan fingerprint density at radius 1 is 1.47 bits per heavy atom. The molecule has 0 aliphatic carbocycles. The molecule has 0 spiro atoms. The molecule has 0 amide bonds. The smallest absolute Gasteiger partial charge is 0.0542 e. The summed E-state index contributed by atoms with van der Waals surface area (Å²) in [5.41, 5.74) is 3.55. The van der Waals surface area contributed by atoms with Crippen molar-refractivity contribution in [3.63, 3.8) is 0 Å². The molecule has 0 aliphatic heterocycles. The lowest BCUT2D eigenvalue weighted by molar-refractivity contribution is 0.738. The van der Waals surface area contributed by atoms with Gasteiger partial charge in [-0.1, -0.05) is 0 Å². The average molecular weight is 406 g/mol. The van der Waals surface area contributed by atoms with E-state index in [2.05, 4.69) is 74.1 Å². The van der Waals surface area contributed by atoms with E-state index >= 15 is 0 Å². The number of benzene rings is 1. The third-order valence-electron chi connectivity index (χ3n) is 2.74. The molecular weight excluding hydrogens is 393 g/mol. The Morgan fingerprint density at radius 3 is 2.82 bits per heavy atom. The Bertz CT molecular complexity index is 537. The van der Waals surface area contributed by atoms with Gasteiger partial charge in [-0.25, -0.2) is 0 Å². The standard InChI is InChI=1S/C12H13BrIN3/c1-8-9(7-16-17(8)2)6-15-10-3-4-11(13)12(14)5-10/h3-5,7,15H,6H2,1-2H3. The second-order valence-corrected chi connectivity index (χ2v) is 5.88. The van der Waals surface area contributed by atoms with Crippen molar-refractivity contribution in [2.24, 2.45) is 7.05 Å². The largest absolute Gasteiger partial charge is 0.381 e. The highest BCUT2D eigenvalue weighted by molar-refractivity contribution is 14.1. The van der Waals surface area contributed by atoms with Gasteiger partial charge in [0.25, 0.3) is 0 Å². The topological polar surface area (TPSA) is 29.9 Å². The minimum Gasteiger partial charge on any atom is -0.381 e. The molecule has 0 radical (unpaired) electrons. The summed E-state index contributed by atoms with van der Waals surface area (Å²) in [4.78, 5) is 0. The maximum atomic E-state index is 4.23. The minimum absolute atomic E-state index is 0.803. The molecule has 0 aliphatic rings. The lowest BCUT2D eigenvalue weighted by Crippen LogP contribution is -2.01. The van der Waals surface area contributed by atoms with Crippen LogP contribution in [0.1, 0.15) is 11.3 Å². The molecule has 2 rings (SSSR count). The fourth-order valence-electron chi connectivity index (χ4n) is 1.52. The molecule has 1 aromatic carbocycles. The first-order valence-electron chi connectivity index (χ1n) is 5.24. The Balaban J connectivity index is 2.07. The number of aryl methyl sites for hydroxylation is 1. The molecule has 2 aromatic rings. The van der Waals surface area contributed by atoms with Crippen LogP contribution in [-0.2, 0) is 13.6 Å². The van der Waals surface area contributed by atoms with Crippen molar-refractivity contribution in [1.82, 2.24) is 9.78 Å². The summed E-state index contributed by atoms with van der Waals surface area (Å²) in [7, 11) is 1.96. The molecule has 0 fully saturated rings. The van der Waals surface area contributed by atoms with E-state index in [4.69, 9.17) is 0 Å². The van der Waals surface area contributed by atoms with Crippen LogP contribution in [0.2, 0.25) is 0 Å². The van der Waals surface area contributed by atoms with Crippen LogP contribution < -0.4 is 5.32 Å². The first kappa shape index (κ1) is 12.9. The first-order chi connectivity index (χ1) is 8.08. The van der Waals surface area contributed by atoms with E-state index in [1.54, 1.807) is 0 Å². The maximum Gasteiger partial charge on any atom is 0.0542 e. The Morgan fingerprint density at radius 2 is 2.24 bits per heavy atom. The molecule has 1 heterocycles. The van der Waals surface area contributed by atoms with Crippen molar-refractivity contribution in [3.05, 3.63) is 43.7 Å². The van der Waals surface area contributed by atoms with Crippen LogP contribution in [0.15, 0.2) is 28.9 Å². The highest BCUT2D eigenvalue weighted by Crippen LogP contribution is 2.23. The van der Waals surface area contributed by atoms with Gasteiger partial charge < -0.3 is 5.32 Å². The predicted octanol–water partition coefficient (Wildman–Crippen LogP) is 3.71. The quantitative estimate of drug-likeness (QED) is 0.789. The SMILES string of the molecule is Cc1c(CNc2ccc(Br)c(I)c2)cnn1C. The summed E-state index contributed by atoms with van der Waals surface area (Å²) >= 11 is 5.80. The molecule has 5 heteroatoms. The van der Waals surface area contributed by atoms with Crippen LogP contribution >= 0.6 is 38.5 Å². The van der Waals surface area contributed by atoms with Gasteiger partial charge in [0, 0.05) is 38.6 Å². The van der Waals surface area contributed by atoms with Crippen molar-refractivity contribution >= 4 is 44.2 Å². The van der Waals surface area contributed by atoms with Gasteiger partial charge in [0.15, 0.2) is 0 Å². The zero-order valence-electron chi connectivity index (χ0n) is 9.67. The molecule has 1 N–H and O–H groups in total. The summed E-state index contributed by atoms with van der Waals surface area (Å²) < 4.78 is 4.22. The summed E-state index contributed by atoms with van der Waals surface area (Å²) in [5.74, 6) is 0. The van der Waals surface area contributed by atoms with Crippen LogP contribution in [0, 0.1) is 10.5 Å². The number of halogens is 2. The number of nitrogens with zero attached hydrogens (tertiary/aromatic N) is 2. The van der Waals surface area contributed by atoms with E-state index in [0.29, 0.717) is 0 Å². The van der Waals surface area contributed by atoms with Crippen LogP contribution in [0.3, 0.4) is 0 Å². The van der Waals surface area contributed by atoms with Crippen molar-refractivity contribution in [1.29, 1.82) is 0 Å². The van der Waals surface area contributed by atoms with E-state index in [9.17, 15) is 0 Å². The van der Waals surface area contributed by atoms with Gasteiger partial charge in [-0.3, -0.25) is 4.68 Å². The summed E-state index contributed by atoms with van der Waals surface area (Å²) in [6.07, 6.45) is 1.91. The van der Waals surface area contributed by atoms with Crippen molar-refractivity contribution in [2.45, 2.75) is 13.5 Å². The van der Waals surface area contributed by atoms with Crippen molar-refractivity contribution < 1.29 is 0 Å². The number of anilines is 1. The van der Waals surface area contributed by atoms with E-state index in [1.165, 1.54) is 14.8 Å². The van der Waals surface area contributed by atoms with Crippen LogP contribution in [-0.4, -0.2) is 9.78 Å². The van der Waals surface area contributed by atoms with Gasteiger partial charge in [0.1, 0.15) is 0 Å². The summed E-state index contributed by atoms with van der Waals surface area (Å²) in [5, 5.41) is 7.63. The zero-order chi connectivity index (χ0) is 12.4. The minimum atomic E-state index is 0.803. The molecule has 0 atom stereocenters. The molecule has 1 aromatic heterocycles. The summed E-state index contributed by atoms with van der Waals surface area (Å²) in [6.45, 7) is 2.88. The van der Waals surface area contributed by atoms with E-state index in [1.807, 2.05) is 17.9 Å². The Kier molecular flexibility index (Phi) is 4.09. The third kappa shape index (κ3) is 3.01. The molecule has 0 saturated carbocycles. The lowest BCUT2D eigenvalue weighted by atomic mass is 10.2. The van der Waals surface area contributed by atoms with Gasteiger partial charge in [0.05, 0.1) is 6.20 Å². The highest BCUT2D eigenvalue weighted by Gasteiger charge is 2.03. The Labute approximate surface area is 123 Å². The normalized spacial score (nSPS) is 10.6. The monoisotopic (exact) mass is 405 g/mol. The number of rotatable bonds is 3. The number of aromatic nitrogens is 2.